The van der Waals surface area contributed by atoms with Gasteiger partial charge in [-0.1, -0.05) is 18.2 Å². The number of pyridine rings is 1. The van der Waals surface area contributed by atoms with Crippen LogP contribution in [0.1, 0.15) is 11.3 Å². The summed E-state index contributed by atoms with van der Waals surface area (Å²) in [5, 5.41) is 11.0. The van der Waals surface area contributed by atoms with Gasteiger partial charge >= 0.3 is 5.97 Å². The molecule has 0 radical (unpaired) electrons. The number of benzene rings is 2. The third-order valence-corrected chi connectivity index (χ3v) is 4.07. The van der Waals surface area contributed by atoms with Crippen LogP contribution in [-0.4, -0.2) is 31.2 Å². The van der Waals surface area contributed by atoms with E-state index in [9.17, 15) is 4.79 Å². The summed E-state index contributed by atoms with van der Waals surface area (Å²) < 4.78 is 12.5. The monoisotopic (exact) mass is 399 g/mol. The van der Waals surface area contributed by atoms with Gasteiger partial charge in [-0.3, -0.25) is 4.98 Å². The normalized spacial score (nSPS) is 10.8. The minimum Gasteiger partial charge on any atom is -0.487 e. The van der Waals surface area contributed by atoms with Crippen LogP contribution in [0, 0.1) is 0 Å². The molecule has 30 heavy (non-hydrogen) atoms. The summed E-state index contributed by atoms with van der Waals surface area (Å²) in [5.74, 6) is 0.684. The average Bonchev–Trinajstić information content (AvgIpc) is 3.33. The average molecular weight is 399 g/mol. The molecule has 0 fully saturated rings. The Morgan fingerprint density at radius 1 is 0.967 bits per heavy atom. The Bertz CT molecular complexity index is 1110. The van der Waals surface area contributed by atoms with Crippen molar-refractivity contribution in [1.29, 1.82) is 0 Å². The van der Waals surface area contributed by atoms with E-state index in [-0.39, 0.29) is 0 Å². The maximum atomic E-state index is 12.0. The number of hydrogen-bond acceptors (Lipinski definition) is 7. The molecule has 0 saturated heterocycles. The molecule has 0 amide bonds. The molecule has 8 heteroatoms. The fraction of sp³-hybridized carbons (Fsp3) is 0.0455. The zero-order valence-corrected chi connectivity index (χ0v) is 15.8. The predicted octanol–water partition coefficient (Wildman–Crippen LogP) is 3.26. The molecule has 0 spiro atoms. The molecule has 0 aliphatic heterocycles. The van der Waals surface area contributed by atoms with E-state index in [1.54, 1.807) is 36.5 Å². The SMILES string of the molecule is O=C(/C=C/c1ccc(OCc2ccccn2)cc1)Oc1ccc(-n2cnnn2)cc1. The number of nitrogens with zero attached hydrogens (tertiary/aromatic N) is 5. The fourth-order valence-corrected chi connectivity index (χ4v) is 2.58. The van der Waals surface area contributed by atoms with Crippen LogP contribution in [0.4, 0.5) is 0 Å². The third kappa shape index (κ3) is 5.14. The molecule has 0 saturated carbocycles. The summed E-state index contributed by atoms with van der Waals surface area (Å²) in [6, 6.07) is 19.9. The first-order chi connectivity index (χ1) is 14.8. The van der Waals surface area contributed by atoms with Crippen LogP contribution in [0.3, 0.4) is 0 Å². The standard InChI is InChI=1S/C22H17N5O3/c28-22(30-21-11-7-19(8-12-21)27-16-24-25-26-27)13-6-17-4-9-20(10-5-17)29-15-18-3-1-2-14-23-18/h1-14,16H,15H2/b13-6+. The maximum absolute atomic E-state index is 12.0. The molecule has 0 unspecified atom stereocenters. The second kappa shape index (κ2) is 9.24. The van der Waals surface area contributed by atoms with Gasteiger partial charge in [0.25, 0.3) is 0 Å². The van der Waals surface area contributed by atoms with Gasteiger partial charge in [-0.2, -0.15) is 0 Å². The Morgan fingerprint density at radius 3 is 2.47 bits per heavy atom. The zero-order valence-electron chi connectivity index (χ0n) is 15.8. The highest BCUT2D eigenvalue weighted by molar-refractivity contribution is 5.88. The van der Waals surface area contributed by atoms with Crippen molar-refractivity contribution in [2.45, 2.75) is 6.61 Å². The number of rotatable bonds is 7. The zero-order chi connectivity index (χ0) is 20.6. The molecule has 0 N–H and O–H groups in total. The number of hydrogen-bond donors (Lipinski definition) is 0. The summed E-state index contributed by atoms with van der Waals surface area (Å²) in [7, 11) is 0. The van der Waals surface area contributed by atoms with Crippen LogP contribution >= 0.6 is 0 Å². The second-order valence-corrected chi connectivity index (χ2v) is 6.18. The fourth-order valence-electron chi connectivity index (χ4n) is 2.58. The van der Waals surface area contributed by atoms with Gasteiger partial charge < -0.3 is 9.47 Å². The van der Waals surface area contributed by atoms with Crippen LogP contribution in [0.15, 0.2) is 85.3 Å². The summed E-state index contributed by atoms with van der Waals surface area (Å²) in [6.45, 7) is 0.397. The van der Waals surface area contributed by atoms with Crippen LogP contribution in [-0.2, 0) is 11.4 Å². The largest absolute Gasteiger partial charge is 0.487 e. The van der Waals surface area contributed by atoms with Gasteiger partial charge in [0.2, 0.25) is 0 Å². The van der Waals surface area contributed by atoms with E-state index in [1.165, 1.54) is 17.1 Å². The Balaban J connectivity index is 1.29. The highest BCUT2D eigenvalue weighted by Gasteiger charge is 2.03. The van der Waals surface area contributed by atoms with Gasteiger partial charge in [-0.25, -0.2) is 9.48 Å². The van der Waals surface area contributed by atoms with E-state index in [2.05, 4.69) is 20.5 Å². The lowest BCUT2D eigenvalue weighted by Crippen LogP contribution is -2.04. The van der Waals surface area contributed by atoms with Gasteiger partial charge in [0.05, 0.1) is 11.4 Å². The molecule has 0 aliphatic rings. The molecule has 4 aromatic rings. The first-order valence-electron chi connectivity index (χ1n) is 9.12. The van der Waals surface area contributed by atoms with Crippen molar-refractivity contribution in [3.63, 3.8) is 0 Å². The molecule has 8 nitrogen and oxygen atoms in total. The van der Waals surface area contributed by atoms with E-state index in [0.717, 1.165) is 22.7 Å². The van der Waals surface area contributed by atoms with E-state index in [0.29, 0.717) is 12.4 Å². The molecule has 2 aromatic carbocycles. The van der Waals surface area contributed by atoms with Crippen molar-refractivity contribution in [2.75, 3.05) is 0 Å². The molecule has 0 atom stereocenters. The smallest absolute Gasteiger partial charge is 0.336 e. The summed E-state index contributed by atoms with van der Waals surface area (Å²) in [5.41, 5.74) is 2.47. The minimum absolute atomic E-state index is 0.397. The van der Waals surface area contributed by atoms with Crippen molar-refractivity contribution < 1.29 is 14.3 Å². The van der Waals surface area contributed by atoms with E-state index < -0.39 is 5.97 Å². The van der Waals surface area contributed by atoms with E-state index in [4.69, 9.17) is 9.47 Å². The summed E-state index contributed by atoms with van der Waals surface area (Å²) in [6.07, 6.45) is 6.27. The van der Waals surface area contributed by atoms with E-state index >= 15 is 0 Å². The molecule has 0 aliphatic carbocycles. The summed E-state index contributed by atoms with van der Waals surface area (Å²) in [4.78, 5) is 16.3. The first-order valence-corrected chi connectivity index (χ1v) is 9.12. The highest BCUT2D eigenvalue weighted by atomic mass is 16.5. The number of carbonyl (C=O) groups is 1. The Kier molecular flexibility index (Phi) is 5.86. The highest BCUT2D eigenvalue weighted by Crippen LogP contribution is 2.16. The molecule has 2 aromatic heterocycles. The third-order valence-electron chi connectivity index (χ3n) is 4.07. The van der Waals surface area contributed by atoms with Gasteiger partial charge in [-0.05, 0) is 70.6 Å². The van der Waals surface area contributed by atoms with Crippen LogP contribution in [0.5, 0.6) is 11.5 Å². The van der Waals surface area contributed by atoms with Crippen LogP contribution < -0.4 is 9.47 Å². The van der Waals surface area contributed by atoms with Gasteiger partial charge in [-0.15, -0.1) is 5.10 Å². The lowest BCUT2D eigenvalue weighted by Gasteiger charge is -2.05. The van der Waals surface area contributed by atoms with Crippen molar-refractivity contribution in [3.05, 3.63) is 96.6 Å². The molecule has 4 rings (SSSR count). The minimum atomic E-state index is -0.472. The van der Waals surface area contributed by atoms with Gasteiger partial charge in [0, 0.05) is 12.3 Å². The quantitative estimate of drug-likeness (QED) is 0.268. The van der Waals surface area contributed by atoms with Gasteiger partial charge in [0.15, 0.2) is 0 Å². The Morgan fingerprint density at radius 2 is 1.77 bits per heavy atom. The molecule has 148 valence electrons. The van der Waals surface area contributed by atoms with Crippen molar-refractivity contribution in [2.24, 2.45) is 0 Å². The molecular weight excluding hydrogens is 382 g/mol. The number of ether oxygens (including phenoxy) is 2. The number of esters is 1. The lowest BCUT2D eigenvalue weighted by atomic mass is 10.2. The topological polar surface area (TPSA) is 92.0 Å². The number of aromatic nitrogens is 5. The second-order valence-electron chi connectivity index (χ2n) is 6.18. The predicted molar refractivity (Wildman–Crippen MR) is 109 cm³/mol. The van der Waals surface area contributed by atoms with Crippen molar-refractivity contribution in [1.82, 2.24) is 25.2 Å². The van der Waals surface area contributed by atoms with Crippen molar-refractivity contribution in [3.8, 4) is 17.2 Å². The lowest BCUT2D eigenvalue weighted by molar-refractivity contribution is -0.128. The van der Waals surface area contributed by atoms with Crippen molar-refractivity contribution >= 4 is 12.0 Å². The summed E-state index contributed by atoms with van der Waals surface area (Å²) >= 11 is 0. The number of tetrazole rings is 1. The maximum Gasteiger partial charge on any atom is 0.336 e. The van der Waals surface area contributed by atoms with Crippen LogP contribution in [0.25, 0.3) is 11.8 Å². The van der Waals surface area contributed by atoms with E-state index in [1.807, 2.05) is 42.5 Å². The molecule has 0 bridgehead atoms. The first kappa shape index (κ1) is 19.0. The van der Waals surface area contributed by atoms with Gasteiger partial charge in [0.1, 0.15) is 24.4 Å². The molecule has 2 heterocycles. The Hall–Kier alpha value is -4.33. The molecular formula is C22H17N5O3. The Labute approximate surface area is 172 Å². The number of carbonyl (C=O) groups excluding carboxylic acids is 1. The van der Waals surface area contributed by atoms with Crippen LogP contribution in [0.2, 0.25) is 0 Å².